The Bertz CT molecular complexity index is 521. The Labute approximate surface area is 125 Å². The molecule has 0 saturated heterocycles. The van der Waals surface area contributed by atoms with Gasteiger partial charge in [-0.05, 0) is 38.8 Å². The number of carbonyl (C=O) groups excluding carboxylic acids is 2. The second-order valence-electron chi connectivity index (χ2n) is 6.41. The molecule has 0 aliphatic heterocycles. The Hall–Kier alpha value is -1.91. The molecule has 0 saturated carbocycles. The Kier molecular flexibility index (Phi) is 5.47. The summed E-state index contributed by atoms with van der Waals surface area (Å²) in [5.41, 5.74) is -0.459. The number of benzene rings is 1. The highest BCUT2D eigenvalue weighted by molar-refractivity contribution is 5.97. The van der Waals surface area contributed by atoms with Crippen molar-refractivity contribution in [3.63, 3.8) is 0 Å². The lowest BCUT2D eigenvalue weighted by atomic mass is 10.0. The van der Waals surface area contributed by atoms with Gasteiger partial charge in [-0.2, -0.15) is 0 Å². The van der Waals surface area contributed by atoms with E-state index in [9.17, 15) is 14.0 Å². The molecule has 0 fully saturated rings. The average molecular weight is 294 g/mol. The van der Waals surface area contributed by atoms with Crippen LogP contribution in [-0.4, -0.2) is 23.4 Å². The minimum Gasteiger partial charge on any atom is -0.350 e. The Morgan fingerprint density at radius 1 is 1.14 bits per heavy atom. The molecule has 2 amide bonds. The van der Waals surface area contributed by atoms with Gasteiger partial charge in [0, 0.05) is 5.54 Å². The maximum Gasteiger partial charge on any atom is 0.254 e. The highest BCUT2D eigenvalue weighted by Crippen LogP contribution is 2.10. The third-order valence-corrected chi connectivity index (χ3v) is 2.85. The summed E-state index contributed by atoms with van der Waals surface area (Å²) < 4.78 is 13.6. The van der Waals surface area contributed by atoms with Crippen molar-refractivity contribution in [2.75, 3.05) is 0 Å². The third-order valence-electron chi connectivity index (χ3n) is 2.85. The molecule has 1 aromatic carbocycles. The van der Waals surface area contributed by atoms with Crippen LogP contribution >= 0.6 is 0 Å². The molecule has 1 atom stereocenters. The Balaban J connectivity index is 2.87. The normalized spacial score (nSPS) is 12.9. The van der Waals surface area contributed by atoms with Gasteiger partial charge in [-0.25, -0.2) is 4.39 Å². The van der Waals surface area contributed by atoms with E-state index in [-0.39, 0.29) is 17.4 Å². The van der Waals surface area contributed by atoms with E-state index in [4.69, 9.17) is 0 Å². The largest absolute Gasteiger partial charge is 0.350 e. The molecule has 0 radical (unpaired) electrons. The van der Waals surface area contributed by atoms with Gasteiger partial charge in [0.25, 0.3) is 5.91 Å². The lowest BCUT2D eigenvalue weighted by Crippen LogP contribution is -2.54. The number of nitrogens with one attached hydrogen (secondary N) is 2. The first-order chi connectivity index (χ1) is 9.61. The number of hydrogen-bond acceptors (Lipinski definition) is 2. The molecule has 0 aliphatic rings. The van der Waals surface area contributed by atoms with Gasteiger partial charge < -0.3 is 10.6 Å². The van der Waals surface area contributed by atoms with Crippen LogP contribution in [0.4, 0.5) is 4.39 Å². The van der Waals surface area contributed by atoms with E-state index in [1.165, 1.54) is 18.2 Å². The van der Waals surface area contributed by atoms with Crippen LogP contribution in [0.5, 0.6) is 0 Å². The molecular weight excluding hydrogens is 271 g/mol. The molecular formula is C16H23FN2O2. The molecule has 4 nitrogen and oxygen atoms in total. The molecule has 0 spiro atoms. The second kappa shape index (κ2) is 6.70. The zero-order valence-corrected chi connectivity index (χ0v) is 13.2. The summed E-state index contributed by atoms with van der Waals surface area (Å²) in [4.78, 5) is 24.4. The minimum atomic E-state index is -0.712. The molecule has 1 aromatic rings. The van der Waals surface area contributed by atoms with E-state index in [0.29, 0.717) is 0 Å². The first kappa shape index (κ1) is 17.1. The maximum atomic E-state index is 13.6. The van der Waals surface area contributed by atoms with Crippen molar-refractivity contribution in [1.29, 1.82) is 0 Å². The average Bonchev–Trinajstić information content (AvgIpc) is 2.33. The summed E-state index contributed by atoms with van der Waals surface area (Å²) in [6.07, 6.45) is 0. The number of amides is 2. The number of hydrogen-bond donors (Lipinski definition) is 2. The van der Waals surface area contributed by atoms with Gasteiger partial charge in [-0.3, -0.25) is 9.59 Å². The van der Waals surface area contributed by atoms with E-state index in [1.54, 1.807) is 6.07 Å². The first-order valence-corrected chi connectivity index (χ1v) is 6.99. The van der Waals surface area contributed by atoms with Crippen LogP contribution in [-0.2, 0) is 4.79 Å². The Morgan fingerprint density at radius 2 is 1.71 bits per heavy atom. The summed E-state index contributed by atoms with van der Waals surface area (Å²) in [6.45, 7) is 9.24. The fourth-order valence-electron chi connectivity index (χ4n) is 1.85. The predicted molar refractivity (Wildman–Crippen MR) is 80.4 cm³/mol. The predicted octanol–water partition coefficient (Wildman–Crippen LogP) is 2.49. The van der Waals surface area contributed by atoms with Crippen LogP contribution in [0.25, 0.3) is 0 Å². The van der Waals surface area contributed by atoms with E-state index in [2.05, 4.69) is 10.6 Å². The molecule has 0 aromatic heterocycles. The van der Waals surface area contributed by atoms with Gasteiger partial charge in [0.1, 0.15) is 11.9 Å². The van der Waals surface area contributed by atoms with Crippen LogP contribution < -0.4 is 10.6 Å². The number of halogens is 1. The van der Waals surface area contributed by atoms with Gasteiger partial charge in [0.05, 0.1) is 5.56 Å². The molecule has 21 heavy (non-hydrogen) atoms. The molecule has 0 aliphatic carbocycles. The van der Waals surface area contributed by atoms with E-state index in [1.807, 2.05) is 34.6 Å². The van der Waals surface area contributed by atoms with Crippen LogP contribution in [0.15, 0.2) is 24.3 Å². The molecule has 0 heterocycles. The fourth-order valence-corrected chi connectivity index (χ4v) is 1.85. The quantitative estimate of drug-likeness (QED) is 0.896. The van der Waals surface area contributed by atoms with Crippen molar-refractivity contribution in [3.05, 3.63) is 35.6 Å². The zero-order chi connectivity index (χ0) is 16.2. The van der Waals surface area contributed by atoms with Crippen LogP contribution in [0.2, 0.25) is 0 Å². The van der Waals surface area contributed by atoms with E-state index in [0.717, 1.165) is 0 Å². The van der Waals surface area contributed by atoms with Gasteiger partial charge >= 0.3 is 0 Å². The van der Waals surface area contributed by atoms with Gasteiger partial charge in [-0.1, -0.05) is 26.0 Å². The molecule has 0 bridgehead atoms. The lowest BCUT2D eigenvalue weighted by Gasteiger charge is -2.27. The summed E-state index contributed by atoms with van der Waals surface area (Å²) in [7, 11) is 0. The SMILES string of the molecule is CC(C)[C@H](NC(=O)c1ccccc1F)C(=O)NC(C)(C)C. The molecule has 116 valence electrons. The molecule has 5 heteroatoms. The van der Waals surface area contributed by atoms with Crippen molar-refractivity contribution in [3.8, 4) is 0 Å². The van der Waals surface area contributed by atoms with E-state index < -0.39 is 23.3 Å². The summed E-state index contributed by atoms with van der Waals surface area (Å²) >= 11 is 0. The highest BCUT2D eigenvalue weighted by atomic mass is 19.1. The van der Waals surface area contributed by atoms with Crippen molar-refractivity contribution in [2.24, 2.45) is 5.92 Å². The minimum absolute atomic E-state index is 0.0632. The summed E-state index contributed by atoms with van der Waals surface area (Å²) in [5, 5.41) is 5.43. The molecule has 2 N–H and O–H groups in total. The number of carbonyl (C=O) groups is 2. The van der Waals surface area contributed by atoms with Crippen LogP contribution in [0.1, 0.15) is 45.0 Å². The van der Waals surface area contributed by atoms with Crippen molar-refractivity contribution < 1.29 is 14.0 Å². The standard InChI is InChI=1S/C16H23FN2O2/c1-10(2)13(15(21)19-16(3,4)5)18-14(20)11-8-6-7-9-12(11)17/h6-10,13H,1-5H3,(H,18,20)(H,19,21)/t13-/m0/s1. The van der Waals surface area contributed by atoms with Crippen LogP contribution in [0.3, 0.4) is 0 Å². The third kappa shape index (κ3) is 5.17. The zero-order valence-electron chi connectivity index (χ0n) is 13.2. The topological polar surface area (TPSA) is 58.2 Å². The lowest BCUT2D eigenvalue weighted by molar-refractivity contribution is -0.125. The Morgan fingerprint density at radius 3 is 2.19 bits per heavy atom. The summed E-state index contributed by atoms with van der Waals surface area (Å²) in [5.74, 6) is -1.57. The fraction of sp³-hybridized carbons (Fsp3) is 0.500. The monoisotopic (exact) mass is 294 g/mol. The van der Waals surface area contributed by atoms with Crippen LogP contribution in [0, 0.1) is 11.7 Å². The maximum absolute atomic E-state index is 13.6. The first-order valence-electron chi connectivity index (χ1n) is 6.99. The van der Waals surface area contributed by atoms with E-state index >= 15 is 0 Å². The van der Waals surface area contributed by atoms with Gasteiger partial charge in [0.15, 0.2) is 0 Å². The number of rotatable bonds is 4. The van der Waals surface area contributed by atoms with Crippen molar-refractivity contribution in [2.45, 2.75) is 46.2 Å². The second-order valence-corrected chi connectivity index (χ2v) is 6.41. The smallest absolute Gasteiger partial charge is 0.254 e. The molecule has 1 rings (SSSR count). The highest BCUT2D eigenvalue weighted by Gasteiger charge is 2.28. The van der Waals surface area contributed by atoms with Crippen molar-refractivity contribution >= 4 is 11.8 Å². The summed E-state index contributed by atoms with van der Waals surface area (Å²) in [6, 6.07) is 4.99. The van der Waals surface area contributed by atoms with Gasteiger partial charge in [-0.15, -0.1) is 0 Å². The van der Waals surface area contributed by atoms with Gasteiger partial charge in [0.2, 0.25) is 5.91 Å². The van der Waals surface area contributed by atoms with Crippen molar-refractivity contribution in [1.82, 2.24) is 10.6 Å². The molecule has 0 unspecified atom stereocenters.